The standard InChI is InChI=1S/C17H26ClN3O2/c1-11(2)9-23-10-14(22)8-19-12(3)17-20-15-6-5-13(18)7-16(15)21(17)4/h5-7,11-12,14,19,22H,8-10H2,1-4H3. The van der Waals surface area contributed by atoms with Gasteiger partial charge >= 0.3 is 0 Å². The number of ether oxygens (including phenoxy) is 1. The van der Waals surface area contributed by atoms with Gasteiger partial charge in [-0.1, -0.05) is 25.4 Å². The highest BCUT2D eigenvalue weighted by molar-refractivity contribution is 6.31. The summed E-state index contributed by atoms with van der Waals surface area (Å²) >= 11 is 6.05. The molecular weight excluding hydrogens is 314 g/mol. The molecule has 0 aliphatic rings. The number of imidazole rings is 1. The fourth-order valence-corrected chi connectivity index (χ4v) is 2.64. The minimum Gasteiger partial charge on any atom is -0.389 e. The van der Waals surface area contributed by atoms with Gasteiger partial charge in [0, 0.05) is 25.2 Å². The minimum atomic E-state index is -0.527. The van der Waals surface area contributed by atoms with Crippen LogP contribution in [0.1, 0.15) is 32.6 Å². The maximum Gasteiger partial charge on any atom is 0.126 e. The molecule has 2 aromatic rings. The van der Waals surface area contributed by atoms with Gasteiger partial charge in [-0.25, -0.2) is 4.98 Å². The number of rotatable bonds is 8. The van der Waals surface area contributed by atoms with Crippen molar-refractivity contribution < 1.29 is 9.84 Å². The van der Waals surface area contributed by atoms with Crippen molar-refractivity contribution in [2.75, 3.05) is 19.8 Å². The van der Waals surface area contributed by atoms with Crippen molar-refractivity contribution in [1.29, 1.82) is 0 Å². The molecule has 1 heterocycles. The van der Waals surface area contributed by atoms with Gasteiger partial charge in [-0.15, -0.1) is 0 Å². The molecule has 0 aliphatic heterocycles. The van der Waals surface area contributed by atoms with E-state index in [4.69, 9.17) is 16.3 Å². The number of nitrogens with one attached hydrogen (secondary N) is 1. The van der Waals surface area contributed by atoms with Gasteiger partial charge in [-0.3, -0.25) is 0 Å². The molecule has 0 aliphatic carbocycles. The molecule has 2 rings (SSSR count). The Labute approximate surface area is 142 Å². The molecule has 1 aromatic carbocycles. The number of nitrogens with zero attached hydrogens (tertiary/aromatic N) is 2. The number of aryl methyl sites for hydroxylation is 1. The second-order valence-corrected chi connectivity index (χ2v) is 6.81. The van der Waals surface area contributed by atoms with Crippen molar-refractivity contribution in [3.63, 3.8) is 0 Å². The summed E-state index contributed by atoms with van der Waals surface area (Å²) in [5.41, 5.74) is 1.92. The third-order valence-corrected chi connectivity index (χ3v) is 3.92. The van der Waals surface area contributed by atoms with Gasteiger partial charge in [-0.2, -0.15) is 0 Å². The summed E-state index contributed by atoms with van der Waals surface area (Å²) in [6.07, 6.45) is -0.527. The minimum absolute atomic E-state index is 0.0194. The maximum atomic E-state index is 9.97. The van der Waals surface area contributed by atoms with E-state index in [1.54, 1.807) is 0 Å². The Kier molecular flexibility index (Phi) is 6.41. The summed E-state index contributed by atoms with van der Waals surface area (Å²) in [5.74, 6) is 1.39. The topological polar surface area (TPSA) is 59.3 Å². The molecule has 0 bridgehead atoms. The lowest BCUT2D eigenvalue weighted by Gasteiger charge is -2.17. The van der Waals surface area contributed by atoms with Crippen LogP contribution in [0.3, 0.4) is 0 Å². The lowest BCUT2D eigenvalue weighted by atomic mass is 10.2. The van der Waals surface area contributed by atoms with Gasteiger partial charge in [0.05, 0.1) is 29.8 Å². The van der Waals surface area contributed by atoms with Gasteiger partial charge in [0.15, 0.2) is 0 Å². The number of fused-ring (bicyclic) bond motifs is 1. The van der Waals surface area contributed by atoms with E-state index < -0.39 is 6.10 Å². The van der Waals surface area contributed by atoms with Crippen molar-refractivity contribution in [2.24, 2.45) is 13.0 Å². The predicted octanol–water partition coefficient (Wildman–Crippen LogP) is 2.91. The molecule has 0 saturated carbocycles. The smallest absolute Gasteiger partial charge is 0.126 e. The van der Waals surface area contributed by atoms with Crippen LogP contribution in [0, 0.1) is 5.92 Å². The monoisotopic (exact) mass is 339 g/mol. The average Bonchev–Trinajstić information content (AvgIpc) is 2.81. The SMILES string of the molecule is CC(C)COCC(O)CNC(C)c1nc2ccc(Cl)cc2n1C. The third kappa shape index (κ3) is 4.91. The zero-order valence-corrected chi connectivity index (χ0v) is 15.0. The summed E-state index contributed by atoms with van der Waals surface area (Å²) in [6, 6.07) is 5.69. The molecule has 0 amide bonds. The molecule has 128 valence electrons. The molecule has 2 N–H and O–H groups in total. The van der Waals surface area contributed by atoms with Crippen LogP contribution >= 0.6 is 11.6 Å². The highest BCUT2D eigenvalue weighted by Crippen LogP contribution is 2.22. The van der Waals surface area contributed by atoms with Gasteiger partial charge in [-0.05, 0) is 31.0 Å². The summed E-state index contributed by atoms with van der Waals surface area (Å²) in [7, 11) is 1.97. The molecule has 2 atom stereocenters. The number of aliphatic hydroxyl groups is 1. The summed E-state index contributed by atoms with van der Waals surface area (Å²) < 4.78 is 7.48. The van der Waals surface area contributed by atoms with Gasteiger partial charge in [0.25, 0.3) is 0 Å². The molecular formula is C17H26ClN3O2. The third-order valence-electron chi connectivity index (χ3n) is 3.69. The lowest BCUT2D eigenvalue weighted by molar-refractivity contribution is 0.0250. The molecule has 2 unspecified atom stereocenters. The zero-order chi connectivity index (χ0) is 17.0. The highest BCUT2D eigenvalue weighted by Gasteiger charge is 2.16. The Bertz CT molecular complexity index is 642. The Morgan fingerprint density at radius 1 is 1.30 bits per heavy atom. The molecule has 5 nitrogen and oxygen atoms in total. The Morgan fingerprint density at radius 2 is 2.04 bits per heavy atom. The van der Waals surface area contributed by atoms with Crippen molar-refractivity contribution in [3.8, 4) is 0 Å². The van der Waals surface area contributed by atoms with Crippen molar-refractivity contribution >= 4 is 22.6 Å². The molecule has 0 spiro atoms. The van der Waals surface area contributed by atoms with Crippen LogP contribution in [0.15, 0.2) is 18.2 Å². The second kappa shape index (κ2) is 8.11. The zero-order valence-electron chi connectivity index (χ0n) is 14.2. The normalized spacial score (nSPS) is 14.6. The molecule has 1 aromatic heterocycles. The van der Waals surface area contributed by atoms with E-state index in [9.17, 15) is 5.11 Å². The fraction of sp³-hybridized carbons (Fsp3) is 0.588. The largest absolute Gasteiger partial charge is 0.389 e. The molecule has 23 heavy (non-hydrogen) atoms. The van der Waals surface area contributed by atoms with Crippen molar-refractivity contribution in [1.82, 2.24) is 14.9 Å². The van der Waals surface area contributed by atoms with Gasteiger partial charge in [0.2, 0.25) is 0 Å². The first-order chi connectivity index (χ1) is 10.9. The number of hydrogen-bond donors (Lipinski definition) is 2. The molecule has 0 saturated heterocycles. The fourth-order valence-electron chi connectivity index (χ4n) is 2.47. The summed E-state index contributed by atoms with van der Waals surface area (Å²) in [4.78, 5) is 4.65. The predicted molar refractivity (Wildman–Crippen MR) is 93.8 cm³/mol. The second-order valence-electron chi connectivity index (χ2n) is 6.38. The van der Waals surface area contributed by atoms with E-state index in [0.29, 0.717) is 30.7 Å². The molecule has 0 fully saturated rings. The summed E-state index contributed by atoms with van der Waals surface area (Å²) in [6.45, 7) is 7.68. The van der Waals surface area contributed by atoms with Gasteiger partial charge < -0.3 is 19.7 Å². The number of benzene rings is 1. The number of aromatic nitrogens is 2. The van der Waals surface area contributed by atoms with Crippen LogP contribution in [0.2, 0.25) is 5.02 Å². The Balaban J connectivity index is 1.93. The molecule has 0 radical (unpaired) electrons. The number of aliphatic hydroxyl groups excluding tert-OH is 1. The first kappa shape index (κ1) is 18.2. The van der Waals surface area contributed by atoms with Crippen molar-refractivity contribution in [3.05, 3.63) is 29.0 Å². The van der Waals surface area contributed by atoms with Crippen LogP contribution in [0.5, 0.6) is 0 Å². The number of hydrogen-bond acceptors (Lipinski definition) is 4. The highest BCUT2D eigenvalue weighted by atomic mass is 35.5. The Morgan fingerprint density at radius 3 is 2.74 bits per heavy atom. The van der Waals surface area contributed by atoms with Crippen LogP contribution in [-0.4, -0.2) is 40.5 Å². The van der Waals surface area contributed by atoms with Crippen LogP contribution < -0.4 is 5.32 Å². The first-order valence-electron chi connectivity index (χ1n) is 7.99. The first-order valence-corrected chi connectivity index (χ1v) is 8.37. The summed E-state index contributed by atoms with van der Waals surface area (Å²) in [5, 5.41) is 14.0. The maximum absolute atomic E-state index is 9.97. The quantitative estimate of drug-likeness (QED) is 0.776. The number of halogens is 1. The Hall–Kier alpha value is -1.14. The van der Waals surface area contributed by atoms with E-state index >= 15 is 0 Å². The lowest BCUT2D eigenvalue weighted by Crippen LogP contribution is -2.33. The van der Waals surface area contributed by atoms with E-state index in [1.165, 1.54) is 0 Å². The van der Waals surface area contributed by atoms with Crippen LogP contribution in [0.4, 0.5) is 0 Å². The van der Waals surface area contributed by atoms with E-state index in [1.807, 2.05) is 36.7 Å². The molecule has 6 heteroatoms. The van der Waals surface area contributed by atoms with E-state index in [2.05, 4.69) is 24.1 Å². The van der Waals surface area contributed by atoms with E-state index in [0.717, 1.165) is 16.9 Å². The van der Waals surface area contributed by atoms with Gasteiger partial charge in [0.1, 0.15) is 5.82 Å². The average molecular weight is 340 g/mol. The van der Waals surface area contributed by atoms with Crippen LogP contribution in [0.25, 0.3) is 11.0 Å². The van der Waals surface area contributed by atoms with E-state index in [-0.39, 0.29) is 6.04 Å². The van der Waals surface area contributed by atoms with Crippen LogP contribution in [-0.2, 0) is 11.8 Å². The van der Waals surface area contributed by atoms with Crippen molar-refractivity contribution in [2.45, 2.75) is 32.9 Å².